The largest absolute Gasteiger partial charge is 0.355 e. The van der Waals surface area contributed by atoms with Gasteiger partial charge in [0.25, 0.3) is 0 Å². The van der Waals surface area contributed by atoms with Crippen molar-refractivity contribution in [2.75, 3.05) is 13.6 Å². The van der Waals surface area contributed by atoms with E-state index in [2.05, 4.69) is 23.2 Å². The zero-order valence-corrected chi connectivity index (χ0v) is 10.7. The van der Waals surface area contributed by atoms with E-state index in [9.17, 15) is 4.79 Å². The van der Waals surface area contributed by atoms with Crippen molar-refractivity contribution in [3.8, 4) is 0 Å². The second-order valence-electron chi connectivity index (χ2n) is 4.86. The summed E-state index contributed by atoms with van der Waals surface area (Å²) in [5.41, 5.74) is 4.58. The Balaban J connectivity index is 2.25. The fourth-order valence-electron chi connectivity index (χ4n) is 2.55. The molecule has 2 aromatic rings. The highest BCUT2D eigenvalue weighted by atomic mass is 16.2. The van der Waals surface area contributed by atoms with Crippen LogP contribution >= 0.6 is 0 Å². The summed E-state index contributed by atoms with van der Waals surface area (Å²) in [6.07, 6.45) is 2.61. The van der Waals surface area contributed by atoms with Crippen molar-refractivity contribution in [3.05, 3.63) is 41.6 Å². The summed E-state index contributed by atoms with van der Waals surface area (Å²) < 4.78 is 0. The van der Waals surface area contributed by atoms with Gasteiger partial charge < -0.3 is 9.88 Å². The number of nitrogens with zero attached hydrogens (tertiary/aromatic N) is 1. The van der Waals surface area contributed by atoms with Crippen molar-refractivity contribution in [2.45, 2.75) is 13.3 Å². The van der Waals surface area contributed by atoms with E-state index in [1.54, 1.807) is 11.0 Å². The number of rotatable bonds is 0. The smallest absolute Gasteiger partial charge is 0.246 e. The molecule has 0 saturated carbocycles. The van der Waals surface area contributed by atoms with Crippen LogP contribution in [-0.2, 0) is 11.2 Å². The van der Waals surface area contributed by atoms with Crippen LogP contribution in [0.1, 0.15) is 18.2 Å². The van der Waals surface area contributed by atoms with Gasteiger partial charge in [0.2, 0.25) is 5.91 Å². The first-order valence-electron chi connectivity index (χ1n) is 6.20. The number of amides is 1. The van der Waals surface area contributed by atoms with Crippen molar-refractivity contribution < 1.29 is 4.79 Å². The summed E-state index contributed by atoms with van der Waals surface area (Å²) >= 11 is 0. The first-order chi connectivity index (χ1) is 8.66. The molecule has 3 heteroatoms. The number of carbonyl (C=O) groups excluding carboxylic acids is 1. The molecule has 0 unspecified atom stereocenters. The van der Waals surface area contributed by atoms with Gasteiger partial charge >= 0.3 is 0 Å². The molecule has 92 valence electrons. The van der Waals surface area contributed by atoms with Gasteiger partial charge in [-0.3, -0.25) is 4.79 Å². The molecule has 1 N–H and O–H groups in total. The maximum atomic E-state index is 11.8. The quantitative estimate of drug-likeness (QED) is 0.755. The van der Waals surface area contributed by atoms with Crippen molar-refractivity contribution in [2.24, 2.45) is 0 Å². The van der Waals surface area contributed by atoms with Crippen LogP contribution in [0.15, 0.2) is 30.3 Å². The molecule has 0 spiro atoms. The number of carbonyl (C=O) groups is 1. The lowest BCUT2D eigenvalue weighted by Gasteiger charge is -2.19. The van der Waals surface area contributed by atoms with E-state index < -0.39 is 0 Å². The SMILES string of the molecule is C/C1=C/C(=O)N(C)CCc2c1[nH]c1ccccc21. The van der Waals surface area contributed by atoms with E-state index >= 15 is 0 Å². The number of H-pyrrole nitrogens is 1. The third-order valence-electron chi connectivity index (χ3n) is 3.62. The highest BCUT2D eigenvalue weighted by Crippen LogP contribution is 2.28. The predicted octanol–water partition coefficient (Wildman–Crippen LogP) is 2.59. The fraction of sp³-hybridized carbons (Fsp3) is 0.267. The summed E-state index contributed by atoms with van der Waals surface area (Å²) in [6.45, 7) is 2.75. The van der Waals surface area contributed by atoms with Gasteiger partial charge in [-0.2, -0.15) is 0 Å². The Morgan fingerprint density at radius 1 is 1.28 bits per heavy atom. The number of fused-ring (bicyclic) bond motifs is 3. The molecule has 0 atom stereocenters. The zero-order valence-electron chi connectivity index (χ0n) is 10.7. The van der Waals surface area contributed by atoms with E-state index in [1.807, 2.05) is 20.0 Å². The highest BCUT2D eigenvalue weighted by Gasteiger charge is 2.18. The van der Waals surface area contributed by atoms with Gasteiger partial charge in [-0.05, 0) is 30.5 Å². The summed E-state index contributed by atoms with van der Waals surface area (Å²) in [7, 11) is 1.85. The topological polar surface area (TPSA) is 36.1 Å². The van der Waals surface area contributed by atoms with Gasteiger partial charge in [-0.25, -0.2) is 0 Å². The standard InChI is InChI=1S/C15H16N2O/c1-10-9-14(18)17(2)8-7-12-11-5-3-4-6-13(11)16-15(10)12/h3-6,9,16H,7-8H2,1-2H3/b10-9-. The predicted molar refractivity (Wildman–Crippen MR) is 73.3 cm³/mol. The first-order valence-corrected chi connectivity index (χ1v) is 6.20. The van der Waals surface area contributed by atoms with Crippen molar-refractivity contribution >= 4 is 22.4 Å². The molecular weight excluding hydrogens is 224 g/mol. The highest BCUT2D eigenvalue weighted by molar-refractivity contribution is 5.98. The molecule has 1 aliphatic rings. The summed E-state index contributed by atoms with van der Waals surface area (Å²) in [6, 6.07) is 8.31. The van der Waals surface area contributed by atoms with Crippen LogP contribution in [0.3, 0.4) is 0 Å². The number of hydrogen-bond donors (Lipinski definition) is 1. The van der Waals surface area contributed by atoms with E-state index in [4.69, 9.17) is 0 Å². The van der Waals surface area contributed by atoms with Gasteiger partial charge in [0, 0.05) is 36.3 Å². The Kier molecular flexibility index (Phi) is 2.47. The Morgan fingerprint density at radius 2 is 2.06 bits per heavy atom. The van der Waals surface area contributed by atoms with Crippen LogP contribution in [0.5, 0.6) is 0 Å². The molecule has 1 amide bonds. The molecule has 3 rings (SSSR count). The molecule has 3 nitrogen and oxygen atoms in total. The molecule has 0 bridgehead atoms. The van der Waals surface area contributed by atoms with Gasteiger partial charge in [-0.15, -0.1) is 0 Å². The molecule has 2 heterocycles. The van der Waals surface area contributed by atoms with Gasteiger partial charge in [-0.1, -0.05) is 18.2 Å². The number of nitrogens with one attached hydrogen (secondary N) is 1. The van der Waals surface area contributed by atoms with Crippen LogP contribution in [0.2, 0.25) is 0 Å². The van der Waals surface area contributed by atoms with Crippen molar-refractivity contribution in [1.29, 1.82) is 0 Å². The van der Waals surface area contributed by atoms with Gasteiger partial charge in [0.1, 0.15) is 0 Å². The lowest BCUT2D eigenvalue weighted by atomic mass is 10.0. The lowest BCUT2D eigenvalue weighted by molar-refractivity contribution is -0.124. The Morgan fingerprint density at radius 3 is 2.89 bits per heavy atom. The number of hydrogen-bond acceptors (Lipinski definition) is 1. The summed E-state index contributed by atoms with van der Waals surface area (Å²) in [5.74, 6) is 0.0804. The Labute approximate surface area is 106 Å². The lowest BCUT2D eigenvalue weighted by Crippen LogP contribution is -2.28. The molecule has 0 saturated heterocycles. The average Bonchev–Trinajstić information content (AvgIpc) is 2.73. The van der Waals surface area contributed by atoms with E-state index in [0.29, 0.717) is 0 Å². The van der Waals surface area contributed by atoms with Crippen molar-refractivity contribution in [1.82, 2.24) is 9.88 Å². The van der Waals surface area contributed by atoms with Crippen LogP contribution < -0.4 is 0 Å². The second kappa shape index (κ2) is 4.02. The fourth-order valence-corrected chi connectivity index (χ4v) is 2.55. The number of para-hydroxylation sites is 1. The number of aromatic nitrogens is 1. The van der Waals surface area contributed by atoms with Gasteiger partial charge in [0.15, 0.2) is 0 Å². The van der Waals surface area contributed by atoms with Crippen LogP contribution in [0, 0.1) is 0 Å². The van der Waals surface area contributed by atoms with E-state index in [0.717, 1.165) is 29.7 Å². The molecule has 0 fully saturated rings. The summed E-state index contributed by atoms with van der Waals surface area (Å²) in [5, 5.41) is 1.27. The van der Waals surface area contributed by atoms with Crippen molar-refractivity contribution in [3.63, 3.8) is 0 Å². The second-order valence-corrected chi connectivity index (χ2v) is 4.86. The normalized spacial score (nSPS) is 19.1. The van der Waals surface area contributed by atoms with Crippen LogP contribution in [0.25, 0.3) is 16.5 Å². The first kappa shape index (κ1) is 11.1. The van der Waals surface area contributed by atoms with Crippen LogP contribution in [0.4, 0.5) is 0 Å². The Bertz CT molecular complexity index is 652. The average molecular weight is 240 g/mol. The molecule has 18 heavy (non-hydrogen) atoms. The minimum atomic E-state index is 0.0804. The number of allylic oxidation sites excluding steroid dienone is 1. The molecular formula is C15H16N2O. The maximum absolute atomic E-state index is 11.8. The minimum Gasteiger partial charge on any atom is -0.355 e. The third-order valence-corrected chi connectivity index (χ3v) is 3.62. The molecule has 1 aromatic carbocycles. The molecule has 1 aliphatic heterocycles. The number of likely N-dealkylation sites (N-methyl/N-ethyl adjacent to an activating group) is 1. The molecule has 0 aliphatic carbocycles. The molecule has 1 aromatic heterocycles. The summed E-state index contributed by atoms with van der Waals surface area (Å²) in [4.78, 5) is 17.0. The van der Waals surface area contributed by atoms with Gasteiger partial charge in [0.05, 0.1) is 0 Å². The zero-order chi connectivity index (χ0) is 12.7. The monoisotopic (exact) mass is 240 g/mol. The minimum absolute atomic E-state index is 0.0804. The Hall–Kier alpha value is -2.03. The van der Waals surface area contributed by atoms with E-state index in [-0.39, 0.29) is 5.91 Å². The maximum Gasteiger partial charge on any atom is 0.246 e. The van der Waals surface area contributed by atoms with Crippen LogP contribution in [-0.4, -0.2) is 29.4 Å². The number of benzene rings is 1. The number of aromatic amines is 1. The molecule has 0 radical (unpaired) electrons. The third kappa shape index (κ3) is 1.63. The van der Waals surface area contributed by atoms with E-state index in [1.165, 1.54) is 10.9 Å².